The number of hydrazine groups is 1. The van der Waals surface area contributed by atoms with E-state index < -0.39 is 5.54 Å². The highest BCUT2D eigenvalue weighted by molar-refractivity contribution is 6.30. The van der Waals surface area contributed by atoms with Gasteiger partial charge in [-0.15, -0.1) is 0 Å². The lowest BCUT2D eigenvalue weighted by molar-refractivity contribution is -0.251. The van der Waals surface area contributed by atoms with Crippen LogP contribution in [0.25, 0.3) is 0 Å². The molecule has 5 aliphatic rings. The standard InChI is InChI=1S/C21H27ClN2O/c1-21(2)20(25)24(23(21)12-13-3-5-18(22)6-4-13)19-16-8-14-7-15(10-16)11-17(19)9-14/h3-6,14-17,19H,7-12H2,1-2H3. The first-order chi connectivity index (χ1) is 11.9. The molecule has 3 nitrogen and oxygen atoms in total. The summed E-state index contributed by atoms with van der Waals surface area (Å²) in [6, 6.07) is 8.49. The Labute approximate surface area is 155 Å². The highest BCUT2D eigenvalue weighted by Gasteiger charge is 2.60. The van der Waals surface area contributed by atoms with Crippen LogP contribution in [-0.2, 0) is 11.3 Å². The summed E-state index contributed by atoms with van der Waals surface area (Å²) in [5.41, 5.74) is 0.827. The summed E-state index contributed by atoms with van der Waals surface area (Å²) in [5, 5.41) is 5.26. The molecule has 134 valence electrons. The SMILES string of the molecule is CC1(C)C(=O)N(C2C3CC4CC(C3)CC2C4)N1Cc1ccc(Cl)cc1. The monoisotopic (exact) mass is 358 g/mol. The van der Waals surface area contributed by atoms with Crippen LogP contribution in [0.3, 0.4) is 0 Å². The predicted molar refractivity (Wildman–Crippen MR) is 98.8 cm³/mol. The first-order valence-corrected chi connectivity index (χ1v) is 10.2. The van der Waals surface area contributed by atoms with Crippen molar-refractivity contribution < 1.29 is 4.79 Å². The summed E-state index contributed by atoms with van der Waals surface area (Å²) in [5.74, 6) is 3.65. The summed E-state index contributed by atoms with van der Waals surface area (Å²) >= 11 is 6.03. The van der Waals surface area contributed by atoms with E-state index in [9.17, 15) is 4.79 Å². The van der Waals surface area contributed by atoms with Crippen molar-refractivity contribution >= 4 is 17.5 Å². The predicted octanol–water partition coefficient (Wildman–Crippen LogP) is 4.50. The van der Waals surface area contributed by atoms with Crippen LogP contribution in [0.15, 0.2) is 24.3 Å². The Kier molecular flexibility index (Phi) is 3.53. The number of hydrogen-bond donors (Lipinski definition) is 0. The molecule has 6 rings (SSSR count). The molecule has 1 amide bonds. The maximum Gasteiger partial charge on any atom is 0.258 e. The second kappa shape index (κ2) is 5.47. The van der Waals surface area contributed by atoms with E-state index in [0.717, 1.165) is 35.2 Å². The maximum atomic E-state index is 13.0. The fourth-order valence-corrected chi connectivity index (χ4v) is 6.48. The number of halogens is 1. The zero-order valence-electron chi connectivity index (χ0n) is 15.1. The number of benzene rings is 1. The second-order valence-corrected chi connectivity index (χ2v) is 9.75. The third kappa shape index (κ3) is 2.39. The van der Waals surface area contributed by atoms with E-state index in [2.05, 4.69) is 36.0 Å². The fourth-order valence-electron chi connectivity index (χ4n) is 6.35. The van der Waals surface area contributed by atoms with Crippen molar-refractivity contribution in [3.63, 3.8) is 0 Å². The van der Waals surface area contributed by atoms with Gasteiger partial charge >= 0.3 is 0 Å². The average molecular weight is 359 g/mol. The Balaban J connectivity index is 1.41. The average Bonchev–Trinajstić information content (AvgIpc) is 2.57. The molecular weight excluding hydrogens is 332 g/mol. The Morgan fingerprint density at radius 1 is 1.00 bits per heavy atom. The molecule has 0 unspecified atom stereocenters. The van der Waals surface area contributed by atoms with E-state index in [1.807, 2.05) is 12.1 Å². The fraction of sp³-hybridized carbons (Fsp3) is 0.667. The molecule has 0 atom stereocenters. The molecule has 5 fully saturated rings. The lowest BCUT2D eigenvalue weighted by atomic mass is 9.53. The van der Waals surface area contributed by atoms with Crippen LogP contribution in [0.5, 0.6) is 0 Å². The highest BCUT2D eigenvalue weighted by atomic mass is 35.5. The van der Waals surface area contributed by atoms with Gasteiger partial charge in [-0.05, 0) is 87.3 Å². The van der Waals surface area contributed by atoms with Gasteiger partial charge in [-0.3, -0.25) is 9.80 Å². The molecule has 0 spiro atoms. The third-order valence-corrected chi connectivity index (χ3v) is 7.59. The molecule has 4 bridgehead atoms. The summed E-state index contributed by atoms with van der Waals surface area (Å²) in [6.45, 7) is 4.92. The second-order valence-electron chi connectivity index (χ2n) is 9.31. The quantitative estimate of drug-likeness (QED) is 0.794. The van der Waals surface area contributed by atoms with Crippen LogP contribution in [0.4, 0.5) is 0 Å². The van der Waals surface area contributed by atoms with Crippen molar-refractivity contribution in [3.8, 4) is 0 Å². The van der Waals surface area contributed by atoms with Gasteiger partial charge in [0.05, 0.1) is 6.04 Å². The van der Waals surface area contributed by atoms with Crippen molar-refractivity contribution in [2.75, 3.05) is 0 Å². The van der Waals surface area contributed by atoms with Crippen LogP contribution in [0.1, 0.15) is 51.5 Å². The van der Waals surface area contributed by atoms with Crippen molar-refractivity contribution in [2.45, 2.75) is 64.1 Å². The van der Waals surface area contributed by atoms with E-state index in [1.165, 1.54) is 37.7 Å². The van der Waals surface area contributed by atoms with Crippen LogP contribution in [-0.4, -0.2) is 27.5 Å². The molecule has 1 aromatic carbocycles. The molecule has 1 saturated heterocycles. The number of carbonyl (C=O) groups is 1. The highest BCUT2D eigenvalue weighted by Crippen LogP contribution is 2.57. The van der Waals surface area contributed by atoms with Gasteiger partial charge in [0.2, 0.25) is 0 Å². The molecule has 25 heavy (non-hydrogen) atoms. The summed E-state index contributed by atoms with van der Waals surface area (Å²) in [4.78, 5) is 13.0. The minimum absolute atomic E-state index is 0.318. The van der Waals surface area contributed by atoms with Crippen LogP contribution < -0.4 is 0 Å². The number of nitrogens with zero attached hydrogens (tertiary/aromatic N) is 2. The minimum atomic E-state index is -0.395. The normalized spacial score (nSPS) is 38.9. The number of rotatable bonds is 3. The Morgan fingerprint density at radius 3 is 2.12 bits per heavy atom. The zero-order valence-corrected chi connectivity index (χ0v) is 15.9. The molecule has 1 heterocycles. The summed E-state index contributed by atoms with van der Waals surface area (Å²) < 4.78 is 0. The van der Waals surface area contributed by atoms with Gasteiger partial charge in [0, 0.05) is 11.6 Å². The van der Waals surface area contributed by atoms with Gasteiger partial charge in [-0.25, -0.2) is 0 Å². The van der Waals surface area contributed by atoms with Crippen molar-refractivity contribution in [1.29, 1.82) is 0 Å². The zero-order chi connectivity index (χ0) is 17.3. The molecule has 1 aliphatic heterocycles. The molecule has 4 heteroatoms. The van der Waals surface area contributed by atoms with E-state index in [4.69, 9.17) is 11.6 Å². The number of hydrogen-bond acceptors (Lipinski definition) is 2. The Morgan fingerprint density at radius 2 is 1.56 bits per heavy atom. The van der Waals surface area contributed by atoms with E-state index in [1.54, 1.807) is 0 Å². The Hall–Kier alpha value is -1.06. The van der Waals surface area contributed by atoms with Gasteiger partial charge < -0.3 is 0 Å². The molecule has 0 N–H and O–H groups in total. The molecule has 0 radical (unpaired) electrons. The molecule has 4 saturated carbocycles. The molecule has 4 aliphatic carbocycles. The van der Waals surface area contributed by atoms with E-state index in [0.29, 0.717) is 11.9 Å². The first-order valence-electron chi connectivity index (χ1n) is 9.79. The lowest BCUT2D eigenvalue weighted by Gasteiger charge is -2.65. The Bertz CT molecular complexity index is 670. The van der Waals surface area contributed by atoms with Crippen molar-refractivity contribution in [1.82, 2.24) is 10.0 Å². The van der Waals surface area contributed by atoms with Gasteiger partial charge in [-0.2, -0.15) is 5.01 Å². The van der Waals surface area contributed by atoms with Crippen LogP contribution in [0, 0.1) is 23.7 Å². The number of amides is 1. The van der Waals surface area contributed by atoms with Crippen LogP contribution >= 0.6 is 11.6 Å². The molecule has 1 aromatic rings. The number of carbonyl (C=O) groups excluding carboxylic acids is 1. The van der Waals surface area contributed by atoms with Gasteiger partial charge in [0.25, 0.3) is 5.91 Å². The van der Waals surface area contributed by atoms with Gasteiger partial charge in [0.15, 0.2) is 0 Å². The van der Waals surface area contributed by atoms with Crippen LogP contribution in [0.2, 0.25) is 5.02 Å². The van der Waals surface area contributed by atoms with Gasteiger partial charge in [0.1, 0.15) is 5.54 Å². The molecular formula is C21H27ClN2O. The van der Waals surface area contributed by atoms with E-state index in [-0.39, 0.29) is 0 Å². The smallest absolute Gasteiger partial charge is 0.258 e. The van der Waals surface area contributed by atoms with E-state index >= 15 is 0 Å². The van der Waals surface area contributed by atoms with Crippen molar-refractivity contribution in [2.24, 2.45) is 23.7 Å². The first kappa shape index (κ1) is 16.1. The third-order valence-electron chi connectivity index (χ3n) is 7.34. The topological polar surface area (TPSA) is 23.6 Å². The maximum absolute atomic E-state index is 13.0. The summed E-state index contributed by atoms with van der Waals surface area (Å²) in [6.07, 6.45) is 6.83. The van der Waals surface area contributed by atoms with Gasteiger partial charge in [-0.1, -0.05) is 23.7 Å². The summed E-state index contributed by atoms with van der Waals surface area (Å²) in [7, 11) is 0. The largest absolute Gasteiger partial charge is 0.271 e. The minimum Gasteiger partial charge on any atom is -0.271 e. The molecule has 0 aromatic heterocycles. The van der Waals surface area contributed by atoms with Crippen molar-refractivity contribution in [3.05, 3.63) is 34.9 Å². The lowest BCUT2D eigenvalue weighted by Crippen LogP contribution is -2.79.